The van der Waals surface area contributed by atoms with Gasteiger partial charge in [0.2, 0.25) is 0 Å². The largest absolute Gasteiger partial charge is 0.312 e. The van der Waals surface area contributed by atoms with Gasteiger partial charge in [-0.3, -0.25) is 0 Å². The number of hydrogen-bond acceptors (Lipinski definition) is 2. The normalized spacial score (nSPS) is 13.0. The summed E-state index contributed by atoms with van der Waals surface area (Å²) >= 11 is 5.91. The summed E-state index contributed by atoms with van der Waals surface area (Å²) < 4.78 is 13.7. The Morgan fingerprint density at radius 1 is 1.39 bits per heavy atom. The van der Waals surface area contributed by atoms with Crippen molar-refractivity contribution in [2.75, 3.05) is 27.2 Å². The Bertz CT molecular complexity index is 369. The van der Waals surface area contributed by atoms with E-state index in [4.69, 9.17) is 11.6 Å². The van der Waals surface area contributed by atoms with Crippen molar-refractivity contribution in [2.24, 2.45) is 0 Å². The van der Waals surface area contributed by atoms with Crippen molar-refractivity contribution in [3.05, 3.63) is 34.6 Å². The highest BCUT2D eigenvalue weighted by atomic mass is 35.5. The van der Waals surface area contributed by atoms with E-state index in [1.807, 2.05) is 14.1 Å². The molecule has 0 heterocycles. The number of rotatable bonds is 7. The van der Waals surface area contributed by atoms with Gasteiger partial charge in [-0.15, -0.1) is 0 Å². The quantitative estimate of drug-likeness (QED) is 0.821. The van der Waals surface area contributed by atoms with Crippen LogP contribution in [0.25, 0.3) is 0 Å². The van der Waals surface area contributed by atoms with Gasteiger partial charge < -0.3 is 10.2 Å². The first-order valence-electron chi connectivity index (χ1n) is 6.35. The van der Waals surface area contributed by atoms with Gasteiger partial charge in [0, 0.05) is 17.6 Å². The van der Waals surface area contributed by atoms with E-state index in [0.29, 0.717) is 17.0 Å². The predicted octanol–water partition coefficient (Wildman–Crippen LogP) is 2.95. The maximum Gasteiger partial charge on any atom is 0.126 e. The maximum absolute atomic E-state index is 13.7. The maximum atomic E-state index is 13.7. The Labute approximate surface area is 114 Å². The van der Waals surface area contributed by atoms with Crippen LogP contribution >= 0.6 is 11.6 Å². The van der Waals surface area contributed by atoms with Crippen molar-refractivity contribution in [1.29, 1.82) is 0 Å². The van der Waals surface area contributed by atoms with Crippen molar-refractivity contribution in [3.63, 3.8) is 0 Å². The third-order valence-electron chi connectivity index (χ3n) is 2.74. The fourth-order valence-corrected chi connectivity index (χ4v) is 2.15. The summed E-state index contributed by atoms with van der Waals surface area (Å²) in [6, 6.07) is 4.98. The predicted molar refractivity (Wildman–Crippen MR) is 75.7 cm³/mol. The third-order valence-corrected chi connectivity index (χ3v) is 2.98. The van der Waals surface area contributed by atoms with Gasteiger partial charge in [0.05, 0.1) is 0 Å². The van der Waals surface area contributed by atoms with Crippen LogP contribution in [-0.2, 0) is 6.42 Å². The Hall–Kier alpha value is -0.640. The fourth-order valence-electron chi connectivity index (χ4n) is 1.96. The van der Waals surface area contributed by atoms with Crippen molar-refractivity contribution in [3.8, 4) is 0 Å². The van der Waals surface area contributed by atoms with E-state index in [1.165, 1.54) is 6.07 Å². The monoisotopic (exact) mass is 272 g/mol. The number of benzene rings is 1. The van der Waals surface area contributed by atoms with Crippen LogP contribution in [0.3, 0.4) is 0 Å². The molecule has 0 radical (unpaired) electrons. The highest BCUT2D eigenvalue weighted by Gasteiger charge is 2.13. The van der Waals surface area contributed by atoms with Gasteiger partial charge in [-0.2, -0.15) is 0 Å². The van der Waals surface area contributed by atoms with E-state index in [9.17, 15) is 4.39 Å². The van der Waals surface area contributed by atoms with Gasteiger partial charge >= 0.3 is 0 Å². The van der Waals surface area contributed by atoms with E-state index in [1.54, 1.807) is 12.1 Å². The smallest absolute Gasteiger partial charge is 0.126 e. The van der Waals surface area contributed by atoms with Crippen LogP contribution in [0.2, 0.25) is 5.02 Å². The molecule has 4 heteroatoms. The molecule has 1 unspecified atom stereocenters. The second-order valence-electron chi connectivity index (χ2n) is 4.85. The summed E-state index contributed by atoms with van der Waals surface area (Å²) in [5, 5.41) is 4.03. The van der Waals surface area contributed by atoms with Crippen molar-refractivity contribution < 1.29 is 4.39 Å². The van der Waals surface area contributed by atoms with Gasteiger partial charge in [0.25, 0.3) is 0 Å². The zero-order valence-electron chi connectivity index (χ0n) is 11.3. The van der Waals surface area contributed by atoms with Gasteiger partial charge in [0.15, 0.2) is 0 Å². The molecule has 0 aliphatic carbocycles. The first-order valence-corrected chi connectivity index (χ1v) is 6.72. The third kappa shape index (κ3) is 5.34. The number of likely N-dealkylation sites (N-methyl/N-ethyl adjacent to an activating group) is 1. The molecule has 0 saturated heterocycles. The molecule has 0 aliphatic rings. The van der Waals surface area contributed by atoms with E-state index >= 15 is 0 Å². The minimum absolute atomic E-state index is 0.179. The molecule has 0 amide bonds. The Morgan fingerprint density at radius 3 is 2.72 bits per heavy atom. The molecule has 0 aliphatic heterocycles. The lowest BCUT2D eigenvalue weighted by atomic mass is 10.0. The molecule has 0 bridgehead atoms. The molecule has 0 spiro atoms. The number of nitrogens with zero attached hydrogens (tertiary/aromatic N) is 1. The minimum atomic E-state index is -0.179. The highest BCUT2D eigenvalue weighted by Crippen LogP contribution is 2.16. The van der Waals surface area contributed by atoms with Crippen LogP contribution < -0.4 is 5.32 Å². The molecule has 1 atom stereocenters. The standard InChI is InChI=1S/C14H22ClFN2/c1-4-7-17-13(10-18(2)3)9-11-8-12(15)5-6-14(11)16/h5-6,8,13,17H,4,7,9-10H2,1-3H3. The zero-order chi connectivity index (χ0) is 13.5. The molecule has 0 saturated carbocycles. The Morgan fingerprint density at radius 2 is 2.11 bits per heavy atom. The lowest BCUT2D eigenvalue weighted by Gasteiger charge is -2.22. The molecule has 18 heavy (non-hydrogen) atoms. The summed E-state index contributed by atoms with van der Waals surface area (Å²) in [7, 11) is 4.05. The van der Waals surface area contributed by atoms with E-state index in [2.05, 4.69) is 17.1 Å². The topological polar surface area (TPSA) is 15.3 Å². The first-order chi connectivity index (χ1) is 8.52. The number of nitrogens with one attached hydrogen (secondary N) is 1. The molecule has 1 N–H and O–H groups in total. The molecule has 1 rings (SSSR count). The first kappa shape index (κ1) is 15.4. The molecule has 2 nitrogen and oxygen atoms in total. The molecule has 1 aromatic carbocycles. The number of hydrogen-bond donors (Lipinski definition) is 1. The van der Waals surface area contributed by atoms with Crippen molar-refractivity contribution >= 4 is 11.6 Å². The van der Waals surface area contributed by atoms with E-state index < -0.39 is 0 Å². The second-order valence-corrected chi connectivity index (χ2v) is 5.29. The average molecular weight is 273 g/mol. The van der Waals surface area contributed by atoms with Crippen LogP contribution in [0, 0.1) is 5.82 Å². The minimum Gasteiger partial charge on any atom is -0.312 e. The molecule has 0 fully saturated rings. The Kier molecular flexibility index (Phi) is 6.61. The zero-order valence-corrected chi connectivity index (χ0v) is 12.1. The summed E-state index contributed by atoms with van der Waals surface area (Å²) in [6.07, 6.45) is 1.73. The van der Waals surface area contributed by atoms with Crippen LogP contribution in [-0.4, -0.2) is 38.1 Å². The Balaban J connectivity index is 2.71. The van der Waals surface area contributed by atoms with Crippen molar-refractivity contribution in [2.45, 2.75) is 25.8 Å². The average Bonchev–Trinajstić information content (AvgIpc) is 2.30. The van der Waals surface area contributed by atoms with Crippen LogP contribution in [0.15, 0.2) is 18.2 Å². The van der Waals surface area contributed by atoms with Crippen LogP contribution in [0.5, 0.6) is 0 Å². The molecule has 1 aromatic rings. The molecule has 102 valence electrons. The fraction of sp³-hybridized carbons (Fsp3) is 0.571. The summed E-state index contributed by atoms with van der Waals surface area (Å²) in [5.74, 6) is -0.179. The van der Waals surface area contributed by atoms with E-state index in [-0.39, 0.29) is 11.9 Å². The molecular formula is C14H22ClFN2. The highest BCUT2D eigenvalue weighted by molar-refractivity contribution is 6.30. The molecular weight excluding hydrogens is 251 g/mol. The summed E-state index contributed by atoms with van der Waals surface area (Å²) in [6.45, 7) is 3.95. The number of halogens is 2. The lowest BCUT2D eigenvalue weighted by molar-refractivity contribution is 0.334. The van der Waals surface area contributed by atoms with Crippen LogP contribution in [0.4, 0.5) is 4.39 Å². The summed E-state index contributed by atoms with van der Waals surface area (Å²) in [5.41, 5.74) is 0.679. The van der Waals surface area contributed by atoms with Gasteiger partial charge in [-0.25, -0.2) is 4.39 Å². The van der Waals surface area contributed by atoms with E-state index in [0.717, 1.165) is 19.5 Å². The second kappa shape index (κ2) is 7.72. The lowest BCUT2D eigenvalue weighted by Crippen LogP contribution is -2.40. The summed E-state index contributed by atoms with van der Waals surface area (Å²) in [4.78, 5) is 2.11. The molecule has 0 aromatic heterocycles. The van der Waals surface area contributed by atoms with Gasteiger partial charge in [0.1, 0.15) is 5.82 Å². The van der Waals surface area contributed by atoms with Crippen molar-refractivity contribution in [1.82, 2.24) is 10.2 Å². The van der Waals surface area contributed by atoms with Gasteiger partial charge in [-0.05, 0) is 57.2 Å². The van der Waals surface area contributed by atoms with Crippen LogP contribution in [0.1, 0.15) is 18.9 Å². The van der Waals surface area contributed by atoms with Gasteiger partial charge in [-0.1, -0.05) is 18.5 Å². The SMILES string of the molecule is CCCNC(Cc1cc(Cl)ccc1F)CN(C)C.